The van der Waals surface area contributed by atoms with Crippen LogP contribution in [0.5, 0.6) is 0 Å². The summed E-state index contributed by atoms with van der Waals surface area (Å²) < 4.78 is 2.39. The summed E-state index contributed by atoms with van der Waals surface area (Å²) in [6, 6.07) is 28.1. The molecule has 1 nitrogen and oxygen atoms in total. The standard InChI is InChI=1S/C24H23NS/c1-18-10-6-7-13-21(18)16-25-17-24(22-14-8-9-15-23(22)25)26-19(2)20-11-4-3-5-12-20/h3-15,17,19H,16H2,1-2H3. The summed E-state index contributed by atoms with van der Waals surface area (Å²) in [5, 5.41) is 1.77. The number of nitrogens with zero attached hydrogens (tertiary/aromatic N) is 1. The molecule has 4 aromatic rings. The molecule has 0 saturated heterocycles. The van der Waals surface area contributed by atoms with Crippen LogP contribution in [-0.4, -0.2) is 4.57 Å². The second-order valence-electron chi connectivity index (χ2n) is 6.74. The topological polar surface area (TPSA) is 4.93 Å². The average Bonchev–Trinajstić information content (AvgIpc) is 3.02. The van der Waals surface area contributed by atoms with E-state index in [9.17, 15) is 0 Å². The first kappa shape index (κ1) is 17.0. The van der Waals surface area contributed by atoms with Crippen molar-refractivity contribution in [2.75, 3.05) is 0 Å². The van der Waals surface area contributed by atoms with E-state index in [0.29, 0.717) is 5.25 Å². The van der Waals surface area contributed by atoms with E-state index in [1.807, 2.05) is 11.8 Å². The first-order chi connectivity index (χ1) is 12.7. The van der Waals surface area contributed by atoms with Gasteiger partial charge in [0.1, 0.15) is 0 Å². The Labute approximate surface area is 159 Å². The number of fused-ring (bicyclic) bond motifs is 1. The van der Waals surface area contributed by atoms with Crippen LogP contribution in [0, 0.1) is 6.92 Å². The summed E-state index contributed by atoms with van der Waals surface area (Å²) in [6.45, 7) is 5.38. The highest BCUT2D eigenvalue weighted by Crippen LogP contribution is 2.39. The quantitative estimate of drug-likeness (QED) is 0.354. The number of thioether (sulfide) groups is 1. The van der Waals surface area contributed by atoms with Gasteiger partial charge in [-0.05, 0) is 36.6 Å². The minimum atomic E-state index is 0.425. The van der Waals surface area contributed by atoms with E-state index in [4.69, 9.17) is 0 Å². The molecule has 1 unspecified atom stereocenters. The van der Waals surface area contributed by atoms with E-state index < -0.39 is 0 Å². The Bertz CT molecular complexity index is 1020. The van der Waals surface area contributed by atoms with Crippen LogP contribution in [-0.2, 0) is 6.54 Å². The maximum Gasteiger partial charge on any atom is 0.0495 e. The first-order valence-electron chi connectivity index (χ1n) is 9.06. The van der Waals surface area contributed by atoms with Crippen LogP contribution in [0.15, 0.2) is 90.0 Å². The summed E-state index contributed by atoms with van der Waals surface area (Å²) >= 11 is 1.94. The van der Waals surface area contributed by atoms with Gasteiger partial charge in [-0.3, -0.25) is 0 Å². The van der Waals surface area contributed by atoms with Gasteiger partial charge < -0.3 is 4.57 Å². The van der Waals surface area contributed by atoms with E-state index >= 15 is 0 Å². The molecule has 0 aliphatic carbocycles. The maximum atomic E-state index is 2.39. The third-order valence-electron chi connectivity index (χ3n) is 4.93. The van der Waals surface area contributed by atoms with Gasteiger partial charge in [-0.2, -0.15) is 0 Å². The highest BCUT2D eigenvalue weighted by molar-refractivity contribution is 7.99. The minimum absolute atomic E-state index is 0.425. The summed E-state index contributed by atoms with van der Waals surface area (Å²) in [5.74, 6) is 0. The van der Waals surface area contributed by atoms with E-state index in [0.717, 1.165) is 6.54 Å². The van der Waals surface area contributed by atoms with Gasteiger partial charge in [0.05, 0.1) is 0 Å². The normalized spacial score (nSPS) is 12.4. The van der Waals surface area contributed by atoms with Crippen molar-refractivity contribution >= 4 is 22.7 Å². The molecule has 0 fully saturated rings. The van der Waals surface area contributed by atoms with Crippen LogP contribution in [0.1, 0.15) is 28.9 Å². The second-order valence-corrected chi connectivity index (χ2v) is 8.12. The molecule has 1 aromatic heterocycles. The van der Waals surface area contributed by atoms with Crippen molar-refractivity contribution in [3.63, 3.8) is 0 Å². The minimum Gasteiger partial charge on any atom is -0.342 e. The highest BCUT2D eigenvalue weighted by atomic mass is 32.2. The fourth-order valence-electron chi connectivity index (χ4n) is 3.39. The Morgan fingerprint density at radius 3 is 2.35 bits per heavy atom. The zero-order valence-electron chi connectivity index (χ0n) is 15.2. The third-order valence-corrected chi connectivity index (χ3v) is 6.13. The molecule has 0 spiro atoms. The van der Waals surface area contributed by atoms with E-state index in [1.165, 1.54) is 32.5 Å². The molecule has 1 atom stereocenters. The van der Waals surface area contributed by atoms with Crippen LogP contribution in [0.2, 0.25) is 0 Å². The zero-order valence-corrected chi connectivity index (χ0v) is 16.0. The fraction of sp³-hybridized carbons (Fsp3) is 0.167. The molecule has 0 saturated carbocycles. The predicted molar refractivity (Wildman–Crippen MR) is 113 cm³/mol. The number of para-hydroxylation sites is 1. The smallest absolute Gasteiger partial charge is 0.0495 e. The van der Waals surface area contributed by atoms with Gasteiger partial charge in [0.2, 0.25) is 0 Å². The Hall–Kier alpha value is -2.45. The van der Waals surface area contributed by atoms with Crippen molar-refractivity contribution in [3.8, 4) is 0 Å². The van der Waals surface area contributed by atoms with Crippen molar-refractivity contribution in [2.24, 2.45) is 0 Å². The molecule has 0 amide bonds. The molecule has 26 heavy (non-hydrogen) atoms. The van der Waals surface area contributed by atoms with Gasteiger partial charge in [-0.25, -0.2) is 0 Å². The molecular formula is C24H23NS. The van der Waals surface area contributed by atoms with Gasteiger partial charge in [0, 0.05) is 33.8 Å². The van der Waals surface area contributed by atoms with Gasteiger partial charge in [0.25, 0.3) is 0 Å². The lowest BCUT2D eigenvalue weighted by molar-refractivity contribution is 0.823. The van der Waals surface area contributed by atoms with Crippen LogP contribution in [0.3, 0.4) is 0 Å². The molecule has 1 heterocycles. The Morgan fingerprint density at radius 2 is 1.54 bits per heavy atom. The zero-order chi connectivity index (χ0) is 17.9. The van der Waals surface area contributed by atoms with Gasteiger partial charge in [-0.15, -0.1) is 11.8 Å². The van der Waals surface area contributed by atoms with Gasteiger partial charge in [-0.1, -0.05) is 72.8 Å². The molecule has 0 bridgehead atoms. The van der Waals surface area contributed by atoms with Crippen molar-refractivity contribution in [1.29, 1.82) is 0 Å². The number of hydrogen-bond acceptors (Lipinski definition) is 1. The SMILES string of the molecule is Cc1ccccc1Cn1cc(SC(C)c2ccccc2)c2ccccc21. The molecule has 0 radical (unpaired) electrons. The van der Waals surface area contributed by atoms with Crippen molar-refractivity contribution in [1.82, 2.24) is 4.57 Å². The second kappa shape index (κ2) is 7.43. The highest BCUT2D eigenvalue weighted by Gasteiger charge is 2.14. The maximum absolute atomic E-state index is 2.39. The summed E-state index contributed by atoms with van der Waals surface area (Å²) in [6.07, 6.45) is 2.32. The van der Waals surface area contributed by atoms with Crippen LogP contribution >= 0.6 is 11.8 Å². The predicted octanol–water partition coefficient (Wildman–Crippen LogP) is 6.85. The number of hydrogen-bond donors (Lipinski definition) is 0. The average molecular weight is 358 g/mol. The molecule has 3 aromatic carbocycles. The largest absolute Gasteiger partial charge is 0.342 e. The first-order valence-corrected chi connectivity index (χ1v) is 9.94. The van der Waals surface area contributed by atoms with Crippen molar-refractivity contribution in [2.45, 2.75) is 30.5 Å². The Morgan fingerprint density at radius 1 is 0.846 bits per heavy atom. The van der Waals surface area contributed by atoms with Crippen molar-refractivity contribution < 1.29 is 0 Å². The summed E-state index contributed by atoms with van der Waals surface area (Å²) in [5.41, 5.74) is 5.39. The lowest BCUT2D eigenvalue weighted by Crippen LogP contribution is -1.99. The van der Waals surface area contributed by atoms with E-state index in [1.54, 1.807) is 0 Å². The Balaban J connectivity index is 1.69. The molecule has 0 aliphatic heterocycles. The lowest BCUT2D eigenvalue weighted by Gasteiger charge is -2.10. The summed E-state index contributed by atoms with van der Waals surface area (Å²) in [7, 11) is 0. The molecular weight excluding hydrogens is 334 g/mol. The molecule has 0 N–H and O–H groups in total. The monoisotopic (exact) mass is 357 g/mol. The molecule has 0 aliphatic rings. The lowest BCUT2D eigenvalue weighted by atomic mass is 10.1. The molecule has 2 heteroatoms. The van der Waals surface area contributed by atoms with Gasteiger partial charge in [0.15, 0.2) is 0 Å². The number of rotatable bonds is 5. The third kappa shape index (κ3) is 3.42. The van der Waals surface area contributed by atoms with Crippen LogP contribution < -0.4 is 0 Å². The Kier molecular flexibility index (Phi) is 4.85. The van der Waals surface area contributed by atoms with Crippen LogP contribution in [0.25, 0.3) is 10.9 Å². The van der Waals surface area contributed by atoms with E-state index in [-0.39, 0.29) is 0 Å². The van der Waals surface area contributed by atoms with Crippen molar-refractivity contribution in [3.05, 3.63) is 102 Å². The fourth-order valence-corrected chi connectivity index (χ4v) is 4.55. The molecule has 130 valence electrons. The number of aryl methyl sites for hydroxylation is 1. The number of benzene rings is 3. The number of aromatic nitrogens is 1. The van der Waals surface area contributed by atoms with Crippen LogP contribution in [0.4, 0.5) is 0 Å². The molecule has 4 rings (SSSR count). The van der Waals surface area contributed by atoms with E-state index in [2.05, 4.69) is 103 Å². The summed E-state index contributed by atoms with van der Waals surface area (Å²) in [4.78, 5) is 1.35. The van der Waals surface area contributed by atoms with Gasteiger partial charge >= 0.3 is 0 Å².